The van der Waals surface area contributed by atoms with Crippen molar-refractivity contribution in [3.05, 3.63) is 61.6 Å². The Morgan fingerprint density at radius 3 is 2.67 bits per heavy atom. The molecule has 2 rings (SSSR count). The summed E-state index contributed by atoms with van der Waals surface area (Å²) in [4.78, 5) is 24.1. The minimum Gasteiger partial charge on any atom is -0.347 e. The summed E-state index contributed by atoms with van der Waals surface area (Å²) in [7, 11) is 0. The molecule has 21 heavy (non-hydrogen) atoms. The van der Waals surface area contributed by atoms with Crippen LogP contribution in [0.25, 0.3) is 0 Å². The van der Waals surface area contributed by atoms with E-state index in [9.17, 15) is 19.3 Å². The van der Waals surface area contributed by atoms with Crippen molar-refractivity contribution < 1.29 is 14.1 Å². The maximum Gasteiger partial charge on any atom is 0.270 e. The summed E-state index contributed by atoms with van der Waals surface area (Å²) < 4.78 is 13.6. The number of hydrogen-bond donors (Lipinski definition) is 1. The molecule has 0 aliphatic heterocycles. The molecule has 1 heterocycles. The molecule has 0 spiro atoms. The number of thiophene rings is 1. The first-order valence-corrected chi connectivity index (χ1v) is 7.12. The van der Waals surface area contributed by atoms with Gasteiger partial charge in [-0.05, 0) is 24.6 Å². The van der Waals surface area contributed by atoms with E-state index in [2.05, 4.69) is 5.32 Å². The van der Waals surface area contributed by atoms with E-state index in [4.69, 9.17) is 0 Å². The van der Waals surface area contributed by atoms with Crippen molar-refractivity contribution in [3.63, 3.8) is 0 Å². The zero-order valence-corrected chi connectivity index (χ0v) is 12.1. The second-order valence-electron chi connectivity index (χ2n) is 4.33. The van der Waals surface area contributed by atoms with E-state index in [1.165, 1.54) is 4.88 Å². The predicted molar refractivity (Wildman–Crippen MR) is 77.9 cm³/mol. The summed E-state index contributed by atoms with van der Waals surface area (Å²) in [5.74, 6) is -1.44. The van der Waals surface area contributed by atoms with Gasteiger partial charge in [-0.2, -0.15) is 0 Å². The van der Waals surface area contributed by atoms with E-state index in [-0.39, 0.29) is 17.8 Å². The van der Waals surface area contributed by atoms with Gasteiger partial charge in [-0.1, -0.05) is 6.92 Å². The quantitative estimate of drug-likeness (QED) is 0.680. The zero-order chi connectivity index (χ0) is 15.4. The maximum atomic E-state index is 13.6. The molecular weight excluding hydrogens is 295 g/mol. The average molecular weight is 308 g/mol. The number of nitro groups is 1. The summed E-state index contributed by atoms with van der Waals surface area (Å²) in [5.41, 5.74) is -0.637. The number of nitro benzene ring substituents is 1. The number of benzene rings is 1. The SMILES string of the molecule is CCc1ccc(CNC(=O)c2cc([N+](=O)[O-])ccc2F)s1. The summed E-state index contributed by atoms with van der Waals surface area (Å²) in [6.07, 6.45) is 0.915. The number of hydrogen-bond acceptors (Lipinski definition) is 4. The second kappa shape index (κ2) is 6.45. The topological polar surface area (TPSA) is 72.2 Å². The van der Waals surface area contributed by atoms with Crippen LogP contribution >= 0.6 is 11.3 Å². The molecular formula is C14H13FN2O3S. The van der Waals surface area contributed by atoms with Gasteiger partial charge < -0.3 is 5.32 Å². The van der Waals surface area contributed by atoms with E-state index < -0.39 is 16.6 Å². The van der Waals surface area contributed by atoms with Gasteiger partial charge in [0.05, 0.1) is 17.0 Å². The van der Waals surface area contributed by atoms with Crippen LogP contribution in [0, 0.1) is 15.9 Å². The number of amides is 1. The smallest absolute Gasteiger partial charge is 0.270 e. The van der Waals surface area contributed by atoms with Gasteiger partial charge in [0.1, 0.15) is 5.82 Å². The van der Waals surface area contributed by atoms with E-state index in [0.717, 1.165) is 29.5 Å². The third-order valence-electron chi connectivity index (χ3n) is 2.89. The highest BCUT2D eigenvalue weighted by molar-refractivity contribution is 7.11. The third kappa shape index (κ3) is 3.63. The van der Waals surface area contributed by atoms with Crippen LogP contribution in [-0.4, -0.2) is 10.8 Å². The van der Waals surface area contributed by atoms with Gasteiger partial charge in [0, 0.05) is 21.9 Å². The van der Waals surface area contributed by atoms with Gasteiger partial charge in [-0.15, -0.1) is 11.3 Å². The molecule has 1 aromatic carbocycles. The van der Waals surface area contributed by atoms with Gasteiger partial charge in [0.2, 0.25) is 0 Å². The molecule has 1 amide bonds. The lowest BCUT2D eigenvalue weighted by atomic mass is 10.1. The normalized spacial score (nSPS) is 10.4. The van der Waals surface area contributed by atoms with E-state index in [1.807, 2.05) is 19.1 Å². The number of rotatable bonds is 5. The van der Waals surface area contributed by atoms with Crippen LogP contribution in [-0.2, 0) is 13.0 Å². The Kier molecular flexibility index (Phi) is 4.64. The fourth-order valence-corrected chi connectivity index (χ4v) is 2.67. The van der Waals surface area contributed by atoms with Gasteiger partial charge in [-0.3, -0.25) is 14.9 Å². The van der Waals surface area contributed by atoms with Crippen LogP contribution in [0.3, 0.4) is 0 Å². The van der Waals surface area contributed by atoms with Crippen LogP contribution < -0.4 is 5.32 Å². The molecule has 0 unspecified atom stereocenters. The molecule has 0 saturated heterocycles. The number of halogens is 1. The number of non-ortho nitro benzene ring substituents is 1. The van der Waals surface area contributed by atoms with Crippen molar-refractivity contribution in [1.29, 1.82) is 0 Å². The Labute approximate surface area is 124 Å². The third-order valence-corrected chi connectivity index (χ3v) is 4.12. The Balaban J connectivity index is 2.09. The molecule has 0 fully saturated rings. The standard InChI is InChI=1S/C14H13FN2O3S/c1-2-10-4-5-11(21-10)8-16-14(18)12-7-9(17(19)20)3-6-13(12)15/h3-7H,2,8H2,1H3,(H,16,18). The Morgan fingerprint density at radius 1 is 1.33 bits per heavy atom. The lowest BCUT2D eigenvalue weighted by Gasteiger charge is -2.05. The van der Waals surface area contributed by atoms with Crippen LogP contribution in [0.1, 0.15) is 27.0 Å². The van der Waals surface area contributed by atoms with Gasteiger partial charge >= 0.3 is 0 Å². The van der Waals surface area contributed by atoms with Crippen molar-refractivity contribution in [3.8, 4) is 0 Å². The molecule has 110 valence electrons. The molecule has 1 N–H and O–H groups in total. The lowest BCUT2D eigenvalue weighted by molar-refractivity contribution is -0.384. The molecule has 5 nitrogen and oxygen atoms in total. The molecule has 0 atom stereocenters. The van der Waals surface area contributed by atoms with Crippen molar-refractivity contribution in [1.82, 2.24) is 5.32 Å². The number of carbonyl (C=O) groups excluding carboxylic acids is 1. The van der Waals surface area contributed by atoms with Gasteiger partial charge in [0.25, 0.3) is 11.6 Å². The maximum absolute atomic E-state index is 13.6. The molecule has 0 aliphatic carbocycles. The van der Waals surface area contributed by atoms with E-state index in [0.29, 0.717) is 0 Å². The average Bonchev–Trinajstić information content (AvgIpc) is 2.93. The lowest BCUT2D eigenvalue weighted by Crippen LogP contribution is -2.23. The highest BCUT2D eigenvalue weighted by atomic mass is 32.1. The number of nitrogens with zero attached hydrogens (tertiary/aromatic N) is 1. The molecule has 0 saturated carbocycles. The first-order valence-electron chi connectivity index (χ1n) is 6.31. The Hall–Kier alpha value is -2.28. The fraction of sp³-hybridized carbons (Fsp3) is 0.214. The van der Waals surface area contributed by atoms with Crippen molar-refractivity contribution in [2.45, 2.75) is 19.9 Å². The van der Waals surface area contributed by atoms with Crippen molar-refractivity contribution in [2.75, 3.05) is 0 Å². The summed E-state index contributed by atoms with van der Waals surface area (Å²) >= 11 is 1.57. The second-order valence-corrected chi connectivity index (χ2v) is 5.58. The molecule has 0 radical (unpaired) electrons. The zero-order valence-electron chi connectivity index (χ0n) is 11.3. The summed E-state index contributed by atoms with van der Waals surface area (Å²) in [6, 6.07) is 6.76. The first kappa shape index (κ1) is 15.1. The van der Waals surface area contributed by atoms with Crippen molar-refractivity contribution >= 4 is 22.9 Å². The largest absolute Gasteiger partial charge is 0.347 e. The van der Waals surface area contributed by atoms with Crippen LogP contribution in [0.2, 0.25) is 0 Å². The summed E-state index contributed by atoms with van der Waals surface area (Å²) in [5, 5.41) is 13.2. The highest BCUT2D eigenvalue weighted by Gasteiger charge is 2.16. The van der Waals surface area contributed by atoms with Crippen LogP contribution in [0.5, 0.6) is 0 Å². The molecule has 1 aromatic heterocycles. The number of aryl methyl sites for hydroxylation is 1. The minimum absolute atomic E-state index is 0.269. The molecule has 7 heteroatoms. The van der Waals surface area contributed by atoms with E-state index >= 15 is 0 Å². The first-order chi connectivity index (χ1) is 10.0. The summed E-state index contributed by atoms with van der Waals surface area (Å²) in [6.45, 7) is 2.30. The monoisotopic (exact) mass is 308 g/mol. The van der Waals surface area contributed by atoms with Gasteiger partial charge in [0.15, 0.2) is 0 Å². The van der Waals surface area contributed by atoms with Crippen LogP contribution in [0.15, 0.2) is 30.3 Å². The number of nitrogens with one attached hydrogen (secondary N) is 1. The Bertz CT molecular complexity index is 685. The van der Waals surface area contributed by atoms with E-state index in [1.54, 1.807) is 11.3 Å². The molecule has 0 bridgehead atoms. The Morgan fingerprint density at radius 2 is 2.05 bits per heavy atom. The minimum atomic E-state index is -0.779. The molecule has 2 aromatic rings. The highest BCUT2D eigenvalue weighted by Crippen LogP contribution is 2.18. The van der Waals surface area contributed by atoms with Crippen LogP contribution in [0.4, 0.5) is 10.1 Å². The van der Waals surface area contributed by atoms with Crippen molar-refractivity contribution in [2.24, 2.45) is 0 Å². The number of carbonyl (C=O) groups is 1. The predicted octanol–water partition coefficient (Wildman–Crippen LogP) is 3.29. The van der Waals surface area contributed by atoms with Gasteiger partial charge in [-0.25, -0.2) is 4.39 Å². The fourth-order valence-electron chi connectivity index (χ4n) is 1.77. The molecule has 0 aliphatic rings.